The molecule has 104 valence electrons. The Hall–Kier alpha value is -1.50. The van der Waals surface area contributed by atoms with Gasteiger partial charge in [0.25, 0.3) is 5.91 Å². The number of carbonyl (C=O) groups excluding carboxylic acids is 1. The van der Waals surface area contributed by atoms with E-state index in [0.717, 1.165) is 17.8 Å². The van der Waals surface area contributed by atoms with E-state index < -0.39 is 11.6 Å². The van der Waals surface area contributed by atoms with E-state index in [4.69, 9.17) is 5.11 Å². The maximum atomic E-state index is 13.9. The quantitative estimate of drug-likeness (QED) is 0.915. The molecule has 0 aromatic carbocycles. The van der Waals surface area contributed by atoms with Gasteiger partial charge in [-0.2, -0.15) is 0 Å². The molecule has 1 atom stereocenters. The van der Waals surface area contributed by atoms with Crippen molar-refractivity contribution in [2.24, 2.45) is 0 Å². The van der Waals surface area contributed by atoms with Gasteiger partial charge in [0.05, 0.1) is 17.7 Å². The van der Waals surface area contributed by atoms with Crippen LogP contribution in [0, 0.1) is 0 Å². The van der Waals surface area contributed by atoms with Gasteiger partial charge >= 0.3 is 5.97 Å². The number of carbonyl (C=O) groups is 2. The van der Waals surface area contributed by atoms with Crippen molar-refractivity contribution in [3.8, 4) is 0 Å². The van der Waals surface area contributed by atoms with E-state index >= 15 is 0 Å². The number of amides is 1. The van der Waals surface area contributed by atoms with E-state index in [9.17, 15) is 14.0 Å². The summed E-state index contributed by atoms with van der Waals surface area (Å²) in [5.74, 6) is -1.83. The number of rotatable bonds is 4. The molecule has 19 heavy (non-hydrogen) atoms. The van der Waals surface area contributed by atoms with Crippen LogP contribution < -0.4 is 0 Å². The summed E-state index contributed by atoms with van der Waals surface area (Å²) in [6.45, 7) is 1.76. The van der Waals surface area contributed by atoms with Gasteiger partial charge in [0.15, 0.2) is 0 Å². The molecule has 1 saturated heterocycles. The van der Waals surface area contributed by atoms with E-state index in [1.807, 2.05) is 6.92 Å². The Balaban J connectivity index is 2.06. The summed E-state index contributed by atoms with van der Waals surface area (Å²) in [5.41, 5.74) is -2.31. The van der Waals surface area contributed by atoms with Gasteiger partial charge in [-0.15, -0.1) is 11.3 Å². The molecule has 5 nitrogen and oxygen atoms in total. The molecular weight excluding hydrogens is 271 g/mol. The highest BCUT2D eigenvalue weighted by Gasteiger charge is 2.47. The van der Waals surface area contributed by atoms with Crippen LogP contribution in [0.15, 0.2) is 6.20 Å². The van der Waals surface area contributed by atoms with Crippen molar-refractivity contribution in [3.05, 3.63) is 16.1 Å². The Labute approximate surface area is 114 Å². The van der Waals surface area contributed by atoms with Crippen molar-refractivity contribution in [3.63, 3.8) is 0 Å². The number of carboxylic acids is 1. The second-order valence-electron chi connectivity index (χ2n) is 4.62. The molecule has 1 N–H and O–H groups in total. The molecule has 0 radical (unpaired) electrons. The van der Waals surface area contributed by atoms with Gasteiger partial charge in [-0.05, 0) is 12.8 Å². The summed E-state index contributed by atoms with van der Waals surface area (Å²) in [6, 6.07) is 0. The van der Waals surface area contributed by atoms with Gasteiger partial charge in [-0.25, -0.2) is 14.2 Å². The number of alkyl halides is 1. The molecule has 7 heteroatoms. The number of carboxylic acid groups (broad SMARTS) is 1. The Morgan fingerprint density at radius 1 is 1.63 bits per heavy atom. The number of hydrogen-bond acceptors (Lipinski definition) is 4. The number of hydrogen-bond donors (Lipinski definition) is 1. The average molecular weight is 286 g/mol. The molecule has 1 fully saturated rings. The number of aromatic nitrogens is 1. The monoisotopic (exact) mass is 286 g/mol. The van der Waals surface area contributed by atoms with Crippen molar-refractivity contribution in [1.29, 1.82) is 0 Å². The first-order chi connectivity index (χ1) is 8.96. The fourth-order valence-electron chi connectivity index (χ4n) is 2.02. The minimum Gasteiger partial charge on any atom is -0.479 e. The molecule has 1 aromatic rings. The number of aliphatic carboxylic acids is 1. The van der Waals surface area contributed by atoms with E-state index in [1.54, 1.807) is 0 Å². The SMILES string of the molecule is CCCc1ncc(C(=O)N2CCC(F)(C(=O)O)C2)s1. The summed E-state index contributed by atoms with van der Waals surface area (Å²) in [5, 5.41) is 9.66. The van der Waals surface area contributed by atoms with Crippen molar-refractivity contribution in [2.75, 3.05) is 13.1 Å². The van der Waals surface area contributed by atoms with Gasteiger partial charge in [0.2, 0.25) is 5.67 Å². The first-order valence-corrected chi connectivity index (χ1v) is 6.94. The van der Waals surface area contributed by atoms with Crippen molar-refractivity contribution < 1.29 is 19.1 Å². The first-order valence-electron chi connectivity index (χ1n) is 6.12. The van der Waals surface area contributed by atoms with E-state index in [1.165, 1.54) is 22.4 Å². The molecule has 1 aromatic heterocycles. The maximum Gasteiger partial charge on any atom is 0.343 e. The van der Waals surface area contributed by atoms with Crippen LogP contribution in [-0.2, 0) is 11.2 Å². The molecule has 1 aliphatic rings. The fraction of sp³-hybridized carbons (Fsp3) is 0.583. The highest BCUT2D eigenvalue weighted by molar-refractivity contribution is 7.13. The van der Waals surface area contributed by atoms with Crippen molar-refractivity contribution >= 4 is 23.2 Å². The Bertz CT molecular complexity index is 505. The third kappa shape index (κ3) is 2.75. The molecule has 2 rings (SSSR count). The van der Waals surface area contributed by atoms with Crippen LogP contribution >= 0.6 is 11.3 Å². The third-order valence-electron chi connectivity index (χ3n) is 3.12. The molecular formula is C12H15FN2O3S. The minimum atomic E-state index is -2.31. The zero-order valence-electron chi connectivity index (χ0n) is 10.6. The normalized spacial score (nSPS) is 22.7. The van der Waals surface area contributed by atoms with Gasteiger partial charge in [0, 0.05) is 13.0 Å². The lowest BCUT2D eigenvalue weighted by atomic mass is 10.1. The minimum absolute atomic E-state index is 0.128. The first kappa shape index (κ1) is 13.9. The van der Waals surface area contributed by atoms with E-state index in [-0.39, 0.29) is 25.4 Å². The summed E-state index contributed by atoms with van der Waals surface area (Å²) in [7, 11) is 0. The van der Waals surface area contributed by atoms with Crippen LogP contribution in [0.25, 0.3) is 0 Å². The predicted molar refractivity (Wildman–Crippen MR) is 68.1 cm³/mol. The van der Waals surface area contributed by atoms with Crippen molar-refractivity contribution in [2.45, 2.75) is 31.9 Å². The van der Waals surface area contributed by atoms with Crippen LogP contribution in [0.5, 0.6) is 0 Å². The number of halogens is 1. The van der Waals surface area contributed by atoms with Crippen LogP contribution in [0.1, 0.15) is 34.4 Å². The summed E-state index contributed by atoms with van der Waals surface area (Å²) in [4.78, 5) is 28.7. The Morgan fingerprint density at radius 3 is 2.95 bits per heavy atom. The molecule has 1 aliphatic heterocycles. The zero-order chi connectivity index (χ0) is 14.0. The zero-order valence-corrected chi connectivity index (χ0v) is 11.4. The lowest BCUT2D eigenvalue weighted by Gasteiger charge is -2.16. The Morgan fingerprint density at radius 2 is 2.37 bits per heavy atom. The predicted octanol–water partition coefficient (Wildman–Crippen LogP) is 1.73. The largest absolute Gasteiger partial charge is 0.479 e. The highest BCUT2D eigenvalue weighted by atomic mass is 32.1. The van der Waals surface area contributed by atoms with E-state index in [2.05, 4.69) is 4.98 Å². The highest BCUT2D eigenvalue weighted by Crippen LogP contribution is 2.28. The van der Waals surface area contributed by atoms with Crippen LogP contribution in [0.3, 0.4) is 0 Å². The Kier molecular flexibility index (Phi) is 3.84. The van der Waals surface area contributed by atoms with Gasteiger partial charge in [-0.3, -0.25) is 4.79 Å². The summed E-state index contributed by atoms with van der Waals surface area (Å²) < 4.78 is 13.9. The topological polar surface area (TPSA) is 70.5 Å². The second-order valence-corrected chi connectivity index (χ2v) is 5.73. The van der Waals surface area contributed by atoms with Gasteiger partial charge in [0.1, 0.15) is 4.88 Å². The van der Waals surface area contributed by atoms with Gasteiger partial charge < -0.3 is 10.0 Å². The number of likely N-dealkylation sites (tertiary alicyclic amines) is 1. The number of nitrogens with zero attached hydrogens (tertiary/aromatic N) is 2. The number of thiazole rings is 1. The fourth-order valence-corrected chi connectivity index (χ4v) is 3.00. The van der Waals surface area contributed by atoms with Crippen LogP contribution in [0.2, 0.25) is 0 Å². The standard InChI is InChI=1S/C12H15FN2O3S/c1-2-3-9-14-6-8(19-9)10(16)15-5-4-12(13,7-15)11(17)18/h6H,2-5,7H2,1H3,(H,17,18). The number of aryl methyl sites for hydroxylation is 1. The van der Waals surface area contributed by atoms with Crippen LogP contribution in [-0.4, -0.2) is 45.6 Å². The van der Waals surface area contributed by atoms with Crippen LogP contribution in [0.4, 0.5) is 4.39 Å². The molecule has 2 heterocycles. The second kappa shape index (κ2) is 5.24. The maximum absolute atomic E-state index is 13.9. The average Bonchev–Trinajstić information content (AvgIpc) is 2.97. The molecule has 0 bridgehead atoms. The lowest BCUT2D eigenvalue weighted by Crippen LogP contribution is -2.38. The molecule has 0 spiro atoms. The molecule has 1 unspecified atom stereocenters. The summed E-state index contributed by atoms with van der Waals surface area (Å²) >= 11 is 1.29. The van der Waals surface area contributed by atoms with Crippen molar-refractivity contribution in [1.82, 2.24) is 9.88 Å². The van der Waals surface area contributed by atoms with Gasteiger partial charge in [-0.1, -0.05) is 6.92 Å². The molecule has 1 amide bonds. The smallest absolute Gasteiger partial charge is 0.343 e. The summed E-state index contributed by atoms with van der Waals surface area (Å²) in [6.07, 6.45) is 3.07. The molecule has 0 aliphatic carbocycles. The third-order valence-corrected chi connectivity index (χ3v) is 4.16. The van der Waals surface area contributed by atoms with E-state index in [0.29, 0.717) is 4.88 Å². The lowest BCUT2D eigenvalue weighted by molar-refractivity contribution is -0.149. The molecule has 0 saturated carbocycles.